The molecule has 1 unspecified atom stereocenters. The minimum absolute atomic E-state index is 0.0337. The zero-order chi connectivity index (χ0) is 7.82. The molecule has 0 saturated heterocycles. The van der Waals surface area contributed by atoms with Crippen molar-refractivity contribution in [3.63, 3.8) is 0 Å². The molecule has 1 atom stereocenters. The van der Waals surface area contributed by atoms with Crippen LogP contribution in [0.25, 0.3) is 0 Å². The van der Waals surface area contributed by atoms with Gasteiger partial charge in [0.15, 0.2) is 0 Å². The predicted octanol–water partition coefficient (Wildman–Crippen LogP) is 0.885. The van der Waals surface area contributed by atoms with Gasteiger partial charge in [0.25, 0.3) is 0 Å². The average Bonchev–Trinajstić information content (AvgIpc) is 1.98. The first-order chi connectivity index (χ1) is 4.85. The lowest BCUT2D eigenvalue weighted by Crippen LogP contribution is -2.17. The fraction of sp³-hybridized carbons (Fsp3) is 0.857. The van der Waals surface area contributed by atoms with Crippen LogP contribution in [-0.4, -0.2) is 26.3 Å². The van der Waals surface area contributed by atoms with Gasteiger partial charge in [0.05, 0.1) is 6.10 Å². The predicted molar refractivity (Wildman–Crippen MR) is 37.4 cm³/mol. The molecule has 0 aromatic carbocycles. The van der Waals surface area contributed by atoms with E-state index in [0.29, 0.717) is 6.61 Å². The standard InChI is InChI=1S/C7H13O3/c1-3-4-7(9-2)5-10-6-8/h7H,3-5H2,1-2H3. The topological polar surface area (TPSA) is 35.5 Å². The Morgan fingerprint density at radius 2 is 2.30 bits per heavy atom. The summed E-state index contributed by atoms with van der Waals surface area (Å²) in [5.41, 5.74) is 0. The number of methoxy groups -OCH3 is 1. The van der Waals surface area contributed by atoms with Crippen molar-refractivity contribution in [2.24, 2.45) is 0 Å². The fourth-order valence-corrected chi connectivity index (χ4v) is 0.718. The van der Waals surface area contributed by atoms with Gasteiger partial charge in [-0.05, 0) is 6.42 Å². The molecule has 0 spiro atoms. The van der Waals surface area contributed by atoms with E-state index in [1.807, 2.05) is 0 Å². The average molecular weight is 145 g/mol. The smallest absolute Gasteiger partial charge is 0.417 e. The number of rotatable bonds is 6. The van der Waals surface area contributed by atoms with Crippen LogP contribution in [0.4, 0.5) is 0 Å². The highest BCUT2D eigenvalue weighted by molar-refractivity contribution is 5.38. The normalized spacial score (nSPS) is 12.6. The minimum Gasteiger partial charge on any atom is -0.455 e. The maximum atomic E-state index is 9.63. The molecule has 3 heteroatoms. The molecule has 0 aliphatic carbocycles. The molecule has 59 valence electrons. The van der Waals surface area contributed by atoms with E-state index in [0.717, 1.165) is 12.8 Å². The van der Waals surface area contributed by atoms with Crippen LogP contribution in [0.1, 0.15) is 19.8 Å². The Morgan fingerprint density at radius 3 is 2.70 bits per heavy atom. The highest BCUT2D eigenvalue weighted by Gasteiger charge is 2.04. The Balaban J connectivity index is 3.29. The monoisotopic (exact) mass is 145 g/mol. The second-order valence-corrected chi connectivity index (χ2v) is 2.04. The van der Waals surface area contributed by atoms with E-state index in [-0.39, 0.29) is 6.10 Å². The molecule has 0 aliphatic heterocycles. The van der Waals surface area contributed by atoms with E-state index < -0.39 is 0 Å². The van der Waals surface area contributed by atoms with Gasteiger partial charge < -0.3 is 9.47 Å². The third-order valence-electron chi connectivity index (χ3n) is 1.27. The van der Waals surface area contributed by atoms with Crippen molar-refractivity contribution >= 4 is 6.47 Å². The van der Waals surface area contributed by atoms with Crippen LogP contribution in [-0.2, 0) is 14.3 Å². The molecule has 10 heavy (non-hydrogen) atoms. The van der Waals surface area contributed by atoms with E-state index in [1.165, 1.54) is 6.47 Å². The first kappa shape index (κ1) is 9.43. The highest BCUT2D eigenvalue weighted by Crippen LogP contribution is 1.99. The molecular weight excluding hydrogens is 132 g/mol. The maximum Gasteiger partial charge on any atom is 0.417 e. The number of hydrogen-bond acceptors (Lipinski definition) is 3. The van der Waals surface area contributed by atoms with Crippen LogP contribution < -0.4 is 0 Å². The minimum atomic E-state index is 0.0337. The third kappa shape index (κ3) is 4.32. The van der Waals surface area contributed by atoms with E-state index in [2.05, 4.69) is 11.7 Å². The van der Waals surface area contributed by atoms with Crippen molar-refractivity contribution < 1.29 is 14.3 Å². The van der Waals surface area contributed by atoms with Crippen LogP contribution in [0.3, 0.4) is 0 Å². The molecule has 0 saturated carbocycles. The molecule has 0 N–H and O–H groups in total. The lowest BCUT2D eigenvalue weighted by molar-refractivity contribution is 0.0462. The molecule has 0 bridgehead atoms. The molecule has 0 rings (SSSR count). The summed E-state index contributed by atoms with van der Waals surface area (Å²) in [6, 6.07) is 0. The van der Waals surface area contributed by atoms with Gasteiger partial charge >= 0.3 is 6.47 Å². The van der Waals surface area contributed by atoms with Crippen molar-refractivity contribution in [3.8, 4) is 0 Å². The van der Waals surface area contributed by atoms with Crippen LogP contribution >= 0.6 is 0 Å². The summed E-state index contributed by atoms with van der Waals surface area (Å²) in [5.74, 6) is 0. The van der Waals surface area contributed by atoms with Crippen LogP contribution in [0.5, 0.6) is 0 Å². The van der Waals surface area contributed by atoms with Crippen molar-refractivity contribution in [1.82, 2.24) is 0 Å². The highest BCUT2D eigenvalue weighted by atomic mass is 16.5. The molecule has 3 nitrogen and oxygen atoms in total. The molecule has 0 aromatic rings. The Hall–Kier alpha value is -0.570. The van der Waals surface area contributed by atoms with Gasteiger partial charge in [0.1, 0.15) is 6.61 Å². The SMILES string of the molecule is CCCC(CO[C]=O)OC. The Kier molecular flexibility index (Phi) is 6.18. The summed E-state index contributed by atoms with van der Waals surface area (Å²) in [7, 11) is 1.61. The van der Waals surface area contributed by atoms with Crippen molar-refractivity contribution in [1.29, 1.82) is 0 Å². The van der Waals surface area contributed by atoms with Crippen LogP contribution in [0.2, 0.25) is 0 Å². The van der Waals surface area contributed by atoms with Gasteiger partial charge in [-0.3, -0.25) is 0 Å². The Morgan fingerprint density at radius 1 is 1.60 bits per heavy atom. The Labute approximate surface area is 61.3 Å². The first-order valence-electron chi connectivity index (χ1n) is 3.36. The van der Waals surface area contributed by atoms with Gasteiger partial charge in [-0.15, -0.1) is 0 Å². The van der Waals surface area contributed by atoms with Crippen molar-refractivity contribution in [2.75, 3.05) is 13.7 Å². The van der Waals surface area contributed by atoms with Crippen LogP contribution in [0.15, 0.2) is 0 Å². The molecule has 1 radical (unpaired) electrons. The van der Waals surface area contributed by atoms with Crippen LogP contribution in [0, 0.1) is 0 Å². The first-order valence-corrected chi connectivity index (χ1v) is 3.36. The fourth-order valence-electron chi connectivity index (χ4n) is 0.718. The summed E-state index contributed by atoms with van der Waals surface area (Å²) in [6.07, 6.45) is 1.98. The van der Waals surface area contributed by atoms with E-state index in [9.17, 15) is 4.79 Å². The van der Waals surface area contributed by atoms with Crippen molar-refractivity contribution in [3.05, 3.63) is 0 Å². The summed E-state index contributed by atoms with van der Waals surface area (Å²) in [4.78, 5) is 9.63. The molecule has 0 fully saturated rings. The zero-order valence-corrected chi connectivity index (χ0v) is 6.42. The molecule has 0 heterocycles. The number of ether oxygens (including phenoxy) is 2. The van der Waals surface area contributed by atoms with Gasteiger partial charge in [-0.2, -0.15) is 0 Å². The quantitative estimate of drug-likeness (QED) is 0.556. The molecule has 0 aliphatic rings. The molecule has 0 amide bonds. The van der Waals surface area contributed by atoms with Gasteiger partial charge in [-0.25, -0.2) is 4.79 Å². The zero-order valence-electron chi connectivity index (χ0n) is 6.42. The van der Waals surface area contributed by atoms with Crippen molar-refractivity contribution in [2.45, 2.75) is 25.9 Å². The van der Waals surface area contributed by atoms with Gasteiger partial charge in [0.2, 0.25) is 0 Å². The third-order valence-corrected chi connectivity index (χ3v) is 1.27. The van der Waals surface area contributed by atoms with Gasteiger partial charge in [-0.1, -0.05) is 13.3 Å². The van der Waals surface area contributed by atoms with E-state index in [4.69, 9.17) is 4.74 Å². The summed E-state index contributed by atoms with van der Waals surface area (Å²) in [5, 5.41) is 0. The summed E-state index contributed by atoms with van der Waals surface area (Å²) in [6.45, 7) is 3.73. The summed E-state index contributed by atoms with van der Waals surface area (Å²) >= 11 is 0. The number of carbonyl (C=O) groups excluding carboxylic acids is 1. The van der Waals surface area contributed by atoms with E-state index >= 15 is 0 Å². The second-order valence-electron chi connectivity index (χ2n) is 2.04. The largest absolute Gasteiger partial charge is 0.455 e. The lowest BCUT2D eigenvalue weighted by atomic mass is 10.2. The van der Waals surface area contributed by atoms with E-state index in [1.54, 1.807) is 7.11 Å². The van der Waals surface area contributed by atoms with Gasteiger partial charge in [0, 0.05) is 7.11 Å². The molecular formula is C7H13O3. The lowest BCUT2D eigenvalue weighted by Gasteiger charge is -2.11. The Bertz CT molecular complexity index is 82.9. The molecule has 0 aromatic heterocycles. The maximum absolute atomic E-state index is 9.63. The number of hydrogen-bond donors (Lipinski definition) is 0. The second kappa shape index (κ2) is 6.55. The summed E-state index contributed by atoms with van der Waals surface area (Å²) < 4.78 is 9.40.